The maximum Gasteiger partial charge on any atom is 0.435 e. The normalized spacial score (nSPS) is 12.6. The highest BCUT2D eigenvalue weighted by molar-refractivity contribution is 6.29. The largest absolute Gasteiger partial charge is 0.435 e. The molecule has 2 aromatic heterocycles. The zero-order chi connectivity index (χ0) is 12.8. The molecule has 0 atom stereocenters. The summed E-state index contributed by atoms with van der Waals surface area (Å²) in [6.07, 6.45) is -7.59. The fourth-order valence-corrected chi connectivity index (χ4v) is 1.44. The summed E-state index contributed by atoms with van der Waals surface area (Å²) in [6, 6.07) is 1.32. The molecule has 2 aromatic rings. The quantitative estimate of drug-likeness (QED) is 0.588. The molecular weight excluding hydrogens is 269 g/mol. The lowest BCUT2D eigenvalue weighted by Gasteiger charge is -2.01. The molecule has 17 heavy (non-hydrogen) atoms. The summed E-state index contributed by atoms with van der Waals surface area (Å²) < 4.78 is 62.3. The lowest BCUT2D eigenvalue weighted by atomic mass is 10.4. The third-order valence-electron chi connectivity index (χ3n) is 1.92. The zero-order valence-corrected chi connectivity index (χ0v) is 8.60. The second-order valence-corrected chi connectivity index (χ2v) is 3.49. The van der Waals surface area contributed by atoms with E-state index in [1.54, 1.807) is 0 Å². The van der Waals surface area contributed by atoms with E-state index >= 15 is 0 Å². The minimum Gasteiger partial charge on any atom is -0.227 e. The average Bonchev–Trinajstić information content (AvgIpc) is 2.60. The van der Waals surface area contributed by atoms with Gasteiger partial charge in [-0.2, -0.15) is 18.3 Å². The molecule has 2 rings (SSSR count). The molecule has 92 valence electrons. The molecule has 0 bridgehead atoms. The Balaban J connectivity index is 2.65. The predicted molar refractivity (Wildman–Crippen MR) is 48.0 cm³/mol. The Morgan fingerprint density at radius 2 is 1.88 bits per heavy atom. The van der Waals surface area contributed by atoms with Crippen molar-refractivity contribution in [1.29, 1.82) is 0 Å². The van der Waals surface area contributed by atoms with Gasteiger partial charge in [0.1, 0.15) is 10.8 Å². The van der Waals surface area contributed by atoms with Crippen molar-refractivity contribution >= 4 is 17.2 Å². The molecule has 0 saturated carbocycles. The van der Waals surface area contributed by atoms with Crippen LogP contribution >= 0.6 is 11.6 Å². The molecule has 9 heteroatoms. The topological polar surface area (TPSA) is 30.2 Å². The summed E-state index contributed by atoms with van der Waals surface area (Å²) in [6.45, 7) is 0. The molecule has 2 heterocycles. The molecule has 0 amide bonds. The van der Waals surface area contributed by atoms with Gasteiger partial charge in [-0.25, -0.2) is 18.3 Å². The molecule has 0 N–H and O–H groups in total. The number of hydrogen-bond acceptors (Lipinski definition) is 2. The highest BCUT2D eigenvalue weighted by Gasteiger charge is 2.34. The SMILES string of the molecule is FC(F)c1cc(Cl)n2nc(C(F)(F)F)cc2n1. The number of hydrogen-bond donors (Lipinski definition) is 0. The van der Waals surface area contributed by atoms with Crippen LogP contribution in [0.2, 0.25) is 5.15 Å². The summed E-state index contributed by atoms with van der Waals surface area (Å²) in [5.74, 6) is 0. The van der Waals surface area contributed by atoms with E-state index in [-0.39, 0.29) is 10.8 Å². The van der Waals surface area contributed by atoms with Crippen LogP contribution in [0, 0.1) is 0 Å². The van der Waals surface area contributed by atoms with Crippen LogP contribution in [0.3, 0.4) is 0 Å². The van der Waals surface area contributed by atoms with Gasteiger partial charge in [-0.15, -0.1) is 0 Å². The number of nitrogens with zero attached hydrogens (tertiary/aromatic N) is 3. The summed E-state index contributed by atoms with van der Waals surface area (Å²) in [5.41, 5.74) is -2.31. The monoisotopic (exact) mass is 271 g/mol. The van der Waals surface area contributed by atoms with Gasteiger partial charge in [-0.1, -0.05) is 11.6 Å². The van der Waals surface area contributed by atoms with Crippen molar-refractivity contribution in [3.63, 3.8) is 0 Å². The van der Waals surface area contributed by atoms with Gasteiger partial charge in [0.25, 0.3) is 6.43 Å². The molecule has 0 aliphatic carbocycles. The smallest absolute Gasteiger partial charge is 0.227 e. The van der Waals surface area contributed by atoms with E-state index in [1.165, 1.54) is 0 Å². The van der Waals surface area contributed by atoms with Gasteiger partial charge < -0.3 is 0 Å². The molecule has 0 fully saturated rings. The van der Waals surface area contributed by atoms with Gasteiger partial charge in [-0.3, -0.25) is 0 Å². The molecule has 0 radical (unpaired) electrons. The number of aromatic nitrogens is 3. The zero-order valence-electron chi connectivity index (χ0n) is 7.84. The fourth-order valence-electron chi connectivity index (χ4n) is 1.21. The minimum atomic E-state index is -4.68. The molecule has 0 aliphatic heterocycles. The standard InChI is InChI=1S/C8H3ClF5N3/c9-5-1-3(7(10)11)15-6-2-4(8(12,13)14)16-17(5)6/h1-2,7H. The van der Waals surface area contributed by atoms with Gasteiger partial charge in [0.05, 0.1) is 0 Å². The Labute approximate surface area is 95.8 Å². The molecule has 3 nitrogen and oxygen atoms in total. The molecule has 0 saturated heterocycles. The van der Waals surface area contributed by atoms with E-state index in [9.17, 15) is 22.0 Å². The first-order chi connectivity index (χ1) is 7.79. The van der Waals surface area contributed by atoms with Gasteiger partial charge in [0.2, 0.25) is 0 Å². The Kier molecular flexibility index (Phi) is 2.69. The van der Waals surface area contributed by atoms with Crippen molar-refractivity contribution in [1.82, 2.24) is 14.6 Å². The highest BCUT2D eigenvalue weighted by atomic mass is 35.5. The van der Waals surface area contributed by atoms with Crippen molar-refractivity contribution in [2.24, 2.45) is 0 Å². The number of halogens is 6. The van der Waals surface area contributed by atoms with E-state index in [2.05, 4.69) is 10.1 Å². The Bertz CT molecular complexity index is 562. The van der Waals surface area contributed by atoms with E-state index in [4.69, 9.17) is 11.6 Å². The number of alkyl halides is 5. The van der Waals surface area contributed by atoms with Crippen LogP contribution < -0.4 is 0 Å². The third kappa shape index (κ3) is 2.17. The Hall–Kier alpha value is -1.44. The lowest BCUT2D eigenvalue weighted by Crippen LogP contribution is -2.06. The van der Waals surface area contributed by atoms with Crippen LogP contribution in [0.15, 0.2) is 12.1 Å². The maximum absolute atomic E-state index is 12.3. The van der Waals surface area contributed by atoms with Gasteiger partial charge >= 0.3 is 6.18 Å². The molecule has 0 spiro atoms. The lowest BCUT2D eigenvalue weighted by molar-refractivity contribution is -0.141. The molecule has 0 unspecified atom stereocenters. The summed E-state index contributed by atoms with van der Waals surface area (Å²) in [7, 11) is 0. The van der Waals surface area contributed by atoms with Crippen LogP contribution in [0.1, 0.15) is 17.8 Å². The Morgan fingerprint density at radius 3 is 2.41 bits per heavy atom. The minimum absolute atomic E-state index is 0.360. The van der Waals surface area contributed by atoms with E-state index < -0.39 is 24.0 Å². The van der Waals surface area contributed by atoms with Crippen LogP contribution in [0.4, 0.5) is 22.0 Å². The van der Waals surface area contributed by atoms with Crippen molar-refractivity contribution in [3.8, 4) is 0 Å². The van der Waals surface area contributed by atoms with Crippen molar-refractivity contribution in [2.75, 3.05) is 0 Å². The summed E-state index contributed by atoms with van der Waals surface area (Å²) in [5, 5.41) is 2.78. The van der Waals surface area contributed by atoms with Crippen molar-refractivity contribution < 1.29 is 22.0 Å². The van der Waals surface area contributed by atoms with E-state index in [1.807, 2.05) is 0 Å². The number of fused-ring (bicyclic) bond motifs is 1. The van der Waals surface area contributed by atoms with Crippen LogP contribution in [0.25, 0.3) is 5.65 Å². The first-order valence-electron chi connectivity index (χ1n) is 4.20. The number of rotatable bonds is 1. The predicted octanol–water partition coefficient (Wildman–Crippen LogP) is 3.34. The van der Waals surface area contributed by atoms with Crippen molar-refractivity contribution in [3.05, 3.63) is 28.7 Å². The third-order valence-corrected chi connectivity index (χ3v) is 2.19. The van der Waals surface area contributed by atoms with Gasteiger partial charge in [0.15, 0.2) is 11.3 Å². The summed E-state index contributed by atoms with van der Waals surface area (Å²) >= 11 is 5.53. The first kappa shape index (κ1) is 12.0. The fraction of sp³-hybridized carbons (Fsp3) is 0.250. The van der Waals surface area contributed by atoms with Gasteiger partial charge in [-0.05, 0) is 0 Å². The van der Waals surface area contributed by atoms with Crippen LogP contribution in [-0.4, -0.2) is 14.6 Å². The molecular formula is C8H3ClF5N3. The van der Waals surface area contributed by atoms with E-state index in [0.717, 1.165) is 6.07 Å². The first-order valence-corrected chi connectivity index (χ1v) is 4.58. The molecule has 0 aliphatic rings. The van der Waals surface area contributed by atoms with Crippen LogP contribution in [0.5, 0.6) is 0 Å². The second-order valence-electron chi connectivity index (χ2n) is 3.10. The van der Waals surface area contributed by atoms with Gasteiger partial charge in [0, 0.05) is 12.1 Å². The van der Waals surface area contributed by atoms with Crippen LogP contribution in [-0.2, 0) is 6.18 Å². The average molecular weight is 272 g/mol. The Morgan fingerprint density at radius 1 is 1.24 bits per heavy atom. The maximum atomic E-state index is 12.3. The second kappa shape index (κ2) is 3.80. The van der Waals surface area contributed by atoms with Crippen molar-refractivity contribution in [2.45, 2.75) is 12.6 Å². The van der Waals surface area contributed by atoms with E-state index in [0.29, 0.717) is 10.6 Å². The molecule has 0 aromatic carbocycles. The summed E-state index contributed by atoms with van der Waals surface area (Å²) in [4.78, 5) is 3.34. The highest BCUT2D eigenvalue weighted by Crippen LogP contribution is 2.30.